The first kappa shape index (κ1) is 11.6. The summed E-state index contributed by atoms with van der Waals surface area (Å²) in [6.07, 6.45) is 1.37. The topological polar surface area (TPSA) is 96.5 Å². The molecule has 0 aromatic carbocycles. The van der Waals surface area contributed by atoms with Crippen molar-refractivity contribution in [2.75, 3.05) is 0 Å². The fourth-order valence-electron chi connectivity index (χ4n) is 1.13. The summed E-state index contributed by atoms with van der Waals surface area (Å²) in [5.41, 5.74) is 0.263. The molecular weight excluding hydrogens is 240 g/mol. The Morgan fingerprint density at radius 2 is 2.35 bits per heavy atom. The van der Waals surface area contributed by atoms with Crippen molar-refractivity contribution in [2.45, 2.75) is 26.3 Å². The first-order chi connectivity index (χ1) is 8.16. The third-order valence-corrected chi connectivity index (χ3v) is 3.25. The van der Waals surface area contributed by atoms with Crippen molar-refractivity contribution in [2.24, 2.45) is 0 Å². The highest BCUT2D eigenvalue weighted by molar-refractivity contribution is 7.11. The maximum absolute atomic E-state index is 11.5. The molecule has 0 unspecified atom stereocenters. The van der Waals surface area contributed by atoms with Crippen LogP contribution < -0.4 is 5.32 Å². The molecule has 90 valence electrons. The van der Waals surface area contributed by atoms with E-state index in [1.54, 1.807) is 0 Å². The molecule has 0 saturated heterocycles. The number of rotatable bonds is 4. The Kier molecular flexibility index (Phi) is 3.43. The predicted molar refractivity (Wildman–Crippen MR) is 61.6 cm³/mol. The van der Waals surface area contributed by atoms with E-state index in [1.165, 1.54) is 17.5 Å². The highest BCUT2D eigenvalue weighted by Gasteiger charge is 2.11. The quantitative estimate of drug-likeness (QED) is 0.835. The Bertz CT molecular complexity index is 491. The summed E-state index contributed by atoms with van der Waals surface area (Å²) >= 11 is 1.50. The number of aromatic amines is 1. The van der Waals surface area contributed by atoms with Gasteiger partial charge in [-0.1, -0.05) is 25.2 Å². The third kappa shape index (κ3) is 2.84. The van der Waals surface area contributed by atoms with Crippen LogP contribution in [0, 0.1) is 0 Å². The maximum Gasteiger partial charge on any atom is 0.273 e. The van der Waals surface area contributed by atoms with E-state index in [2.05, 4.69) is 44.8 Å². The molecule has 0 fully saturated rings. The van der Waals surface area contributed by atoms with E-state index < -0.39 is 0 Å². The lowest BCUT2D eigenvalue weighted by molar-refractivity contribution is 0.0946. The van der Waals surface area contributed by atoms with E-state index in [9.17, 15) is 4.79 Å². The number of nitrogens with zero attached hydrogens (tertiary/aromatic N) is 4. The van der Waals surface area contributed by atoms with E-state index in [0.29, 0.717) is 12.5 Å². The largest absolute Gasteiger partial charge is 0.344 e. The van der Waals surface area contributed by atoms with Gasteiger partial charge in [-0.05, 0) is 0 Å². The molecule has 1 amide bonds. The van der Waals surface area contributed by atoms with E-state index >= 15 is 0 Å². The molecule has 2 aromatic rings. The summed E-state index contributed by atoms with van der Waals surface area (Å²) in [4.78, 5) is 11.5. The zero-order valence-electron chi connectivity index (χ0n) is 9.47. The first-order valence-corrected chi connectivity index (χ1v) is 5.94. The molecule has 0 radical (unpaired) electrons. The summed E-state index contributed by atoms with van der Waals surface area (Å²) in [5, 5.41) is 22.1. The summed E-state index contributed by atoms with van der Waals surface area (Å²) in [6.45, 7) is 4.46. The zero-order valence-corrected chi connectivity index (χ0v) is 10.3. The van der Waals surface area contributed by atoms with Crippen LogP contribution >= 0.6 is 11.3 Å². The average Bonchev–Trinajstić information content (AvgIpc) is 2.97. The van der Waals surface area contributed by atoms with Crippen LogP contribution in [0.4, 0.5) is 0 Å². The van der Waals surface area contributed by atoms with Gasteiger partial charge in [0.25, 0.3) is 5.91 Å². The standard InChI is InChI=1S/C9H12N6OS/c1-5(2)9-14-13-7(17-9)4-10-8(16)6-3-11-15-12-6/h3,5H,4H2,1-2H3,(H,10,16)(H,11,12,15). The Morgan fingerprint density at radius 3 is 2.94 bits per heavy atom. The highest BCUT2D eigenvalue weighted by atomic mass is 32.1. The molecule has 0 aliphatic carbocycles. The second-order valence-corrected chi connectivity index (χ2v) is 4.82. The molecule has 8 heteroatoms. The minimum Gasteiger partial charge on any atom is -0.344 e. The van der Waals surface area contributed by atoms with Crippen LogP contribution in [0.2, 0.25) is 0 Å². The highest BCUT2D eigenvalue weighted by Crippen LogP contribution is 2.18. The number of hydrogen-bond donors (Lipinski definition) is 2. The van der Waals surface area contributed by atoms with Crippen molar-refractivity contribution in [3.05, 3.63) is 21.9 Å². The lowest BCUT2D eigenvalue weighted by Crippen LogP contribution is -2.23. The second kappa shape index (κ2) is 5.00. The minimum atomic E-state index is -0.278. The number of H-pyrrole nitrogens is 1. The van der Waals surface area contributed by atoms with Gasteiger partial charge in [-0.25, -0.2) is 0 Å². The number of hydrogen-bond acceptors (Lipinski definition) is 6. The number of amides is 1. The van der Waals surface area contributed by atoms with Crippen molar-refractivity contribution >= 4 is 17.2 Å². The lowest BCUT2D eigenvalue weighted by atomic mass is 10.2. The molecule has 0 spiro atoms. The Labute approximate surface area is 102 Å². The molecule has 0 aliphatic heterocycles. The molecule has 2 N–H and O–H groups in total. The van der Waals surface area contributed by atoms with Crippen LogP contribution in [0.25, 0.3) is 0 Å². The predicted octanol–water partition coefficient (Wildman–Crippen LogP) is 0.710. The minimum absolute atomic E-state index is 0.263. The van der Waals surface area contributed by atoms with Crippen LogP contribution in [0.1, 0.15) is 40.3 Å². The molecule has 0 atom stereocenters. The number of nitrogens with one attached hydrogen (secondary N) is 2. The van der Waals surface area contributed by atoms with Crippen LogP contribution in [0.5, 0.6) is 0 Å². The molecule has 17 heavy (non-hydrogen) atoms. The van der Waals surface area contributed by atoms with Gasteiger partial charge in [0.2, 0.25) is 0 Å². The van der Waals surface area contributed by atoms with Crippen LogP contribution in [0.15, 0.2) is 6.20 Å². The van der Waals surface area contributed by atoms with Gasteiger partial charge in [0.1, 0.15) is 10.0 Å². The van der Waals surface area contributed by atoms with Crippen molar-refractivity contribution < 1.29 is 4.79 Å². The number of aromatic nitrogens is 5. The molecule has 7 nitrogen and oxygen atoms in total. The maximum atomic E-state index is 11.5. The molecular formula is C9H12N6OS. The Balaban J connectivity index is 1.91. The second-order valence-electron chi connectivity index (χ2n) is 3.73. The first-order valence-electron chi connectivity index (χ1n) is 5.13. The summed E-state index contributed by atoms with van der Waals surface area (Å²) in [6, 6.07) is 0. The summed E-state index contributed by atoms with van der Waals surface area (Å²) < 4.78 is 0. The fourth-order valence-corrected chi connectivity index (χ4v) is 1.91. The van der Waals surface area contributed by atoms with Crippen LogP contribution in [-0.4, -0.2) is 31.5 Å². The van der Waals surface area contributed by atoms with Gasteiger partial charge in [0.05, 0.1) is 12.7 Å². The molecule has 0 saturated carbocycles. The van der Waals surface area contributed by atoms with Gasteiger partial charge >= 0.3 is 0 Å². The smallest absolute Gasteiger partial charge is 0.273 e. The van der Waals surface area contributed by atoms with E-state index in [1.807, 2.05) is 0 Å². The number of carbonyl (C=O) groups excluding carboxylic acids is 1. The third-order valence-electron chi connectivity index (χ3n) is 2.02. The Hall–Kier alpha value is -1.83. The molecule has 2 rings (SSSR count). The van der Waals surface area contributed by atoms with Crippen LogP contribution in [-0.2, 0) is 6.54 Å². The normalized spacial score (nSPS) is 10.8. The Morgan fingerprint density at radius 1 is 1.53 bits per heavy atom. The molecule has 2 aromatic heterocycles. The van der Waals surface area contributed by atoms with E-state index in [-0.39, 0.29) is 11.6 Å². The van der Waals surface area contributed by atoms with Crippen molar-refractivity contribution in [3.63, 3.8) is 0 Å². The SMILES string of the molecule is CC(C)c1nnc(CNC(=O)c2cn[nH]n2)s1. The van der Waals surface area contributed by atoms with Gasteiger partial charge in [-0.2, -0.15) is 15.4 Å². The average molecular weight is 252 g/mol. The van der Waals surface area contributed by atoms with E-state index in [4.69, 9.17) is 0 Å². The number of carbonyl (C=O) groups is 1. The monoisotopic (exact) mass is 252 g/mol. The van der Waals surface area contributed by atoms with Gasteiger partial charge in [-0.15, -0.1) is 10.2 Å². The van der Waals surface area contributed by atoms with Crippen LogP contribution in [0.3, 0.4) is 0 Å². The fraction of sp³-hybridized carbons (Fsp3) is 0.444. The summed E-state index contributed by atoms with van der Waals surface area (Å²) in [5.74, 6) is 0.0764. The zero-order chi connectivity index (χ0) is 12.3. The van der Waals surface area contributed by atoms with Gasteiger partial charge in [-0.3, -0.25) is 4.79 Å². The molecule has 2 heterocycles. The van der Waals surface area contributed by atoms with Gasteiger partial charge < -0.3 is 5.32 Å². The van der Waals surface area contributed by atoms with Gasteiger partial charge in [0, 0.05) is 5.92 Å². The van der Waals surface area contributed by atoms with E-state index in [0.717, 1.165) is 10.0 Å². The molecule has 0 bridgehead atoms. The lowest BCUT2D eigenvalue weighted by Gasteiger charge is -1.98. The van der Waals surface area contributed by atoms with Crippen molar-refractivity contribution in [1.29, 1.82) is 0 Å². The van der Waals surface area contributed by atoms with Crippen molar-refractivity contribution in [3.8, 4) is 0 Å². The molecule has 0 aliphatic rings. The summed E-state index contributed by atoms with van der Waals surface area (Å²) in [7, 11) is 0. The van der Waals surface area contributed by atoms with Gasteiger partial charge in [0.15, 0.2) is 5.69 Å². The van der Waals surface area contributed by atoms with Crippen molar-refractivity contribution in [1.82, 2.24) is 30.9 Å².